The van der Waals surface area contributed by atoms with Crippen molar-refractivity contribution in [1.82, 2.24) is 0 Å². The minimum absolute atomic E-state index is 0.200. The molecule has 3 heteroatoms. The maximum absolute atomic E-state index is 11.1. The summed E-state index contributed by atoms with van der Waals surface area (Å²) in [5.74, 6) is 0. The molecule has 0 spiro atoms. The van der Waals surface area contributed by atoms with Gasteiger partial charge in [0.1, 0.15) is 0 Å². The maximum Gasteiger partial charge on any atom is 0.266 e. The number of rotatable bonds is 3. The molecule has 0 aromatic rings. The standard InChI is InChI=1S/C5H7F2O/c6-5(7)3-1-2-4-8/h3H,1-2,4H2. The van der Waals surface area contributed by atoms with Crippen LogP contribution in [0.25, 0.3) is 0 Å². The van der Waals surface area contributed by atoms with Gasteiger partial charge in [0.15, 0.2) is 0 Å². The molecule has 0 amide bonds. The predicted octanol–water partition coefficient (Wildman–Crippen LogP) is 1.98. The van der Waals surface area contributed by atoms with Gasteiger partial charge >= 0.3 is 0 Å². The molecule has 0 unspecified atom stereocenters. The molecule has 0 aromatic heterocycles. The quantitative estimate of drug-likeness (QED) is 0.509. The van der Waals surface area contributed by atoms with E-state index in [0.29, 0.717) is 6.42 Å². The van der Waals surface area contributed by atoms with Gasteiger partial charge in [-0.25, -0.2) is 5.11 Å². The largest absolute Gasteiger partial charge is 0.266 e. The third-order valence-electron chi connectivity index (χ3n) is 0.647. The summed E-state index contributed by atoms with van der Waals surface area (Å²) >= 11 is 0. The summed E-state index contributed by atoms with van der Waals surface area (Å²) in [6, 6.07) is 0. The predicted molar refractivity (Wildman–Crippen MR) is 25.1 cm³/mol. The van der Waals surface area contributed by atoms with Crippen molar-refractivity contribution < 1.29 is 13.9 Å². The van der Waals surface area contributed by atoms with Gasteiger partial charge < -0.3 is 0 Å². The van der Waals surface area contributed by atoms with Gasteiger partial charge in [-0.3, -0.25) is 0 Å². The van der Waals surface area contributed by atoms with Crippen molar-refractivity contribution in [3.8, 4) is 0 Å². The molecule has 0 N–H and O–H groups in total. The maximum atomic E-state index is 11.1. The van der Waals surface area contributed by atoms with E-state index < -0.39 is 6.08 Å². The van der Waals surface area contributed by atoms with Gasteiger partial charge in [-0.1, -0.05) is 0 Å². The summed E-state index contributed by atoms with van der Waals surface area (Å²) in [7, 11) is 0. The molecule has 0 saturated carbocycles. The third kappa shape index (κ3) is 5.56. The second-order valence-electron chi connectivity index (χ2n) is 1.34. The zero-order valence-corrected chi connectivity index (χ0v) is 4.36. The molecule has 8 heavy (non-hydrogen) atoms. The summed E-state index contributed by atoms with van der Waals surface area (Å²) < 4.78 is 22.2. The highest BCUT2D eigenvalue weighted by Gasteiger charge is 1.86. The van der Waals surface area contributed by atoms with E-state index in [-0.39, 0.29) is 13.0 Å². The van der Waals surface area contributed by atoms with Crippen LogP contribution in [0.1, 0.15) is 12.8 Å². The molecule has 0 bridgehead atoms. The van der Waals surface area contributed by atoms with E-state index in [1.807, 2.05) is 0 Å². The van der Waals surface area contributed by atoms with Crippen LogP contribution in [0.3, 0.4) is 0 Å². The summed E-state index contributed by atoms with van der Waals surface area (Å²) in [6.07, 6.45) is -0.431. The zero-order valence-electron chi connectivity index (χ0n) is 4.36. The smallest absolute Gasteiger partial charge is 0.237 e. The lowest BCUT2D eigenvalue weighted by molar-refractivity contribution is 0.189. The topological polar surface area (TPSA) is 19.9 Å². The molecule has 0 heterocycles. The minimum Gasteiger partial charge on any atom is -0.237 e. The second-order valence-corrected chi connectivity index (χ2v) is 1.34. The monoisotopic (exact) mass is 121 g/mol. The Morgan fingerprint density at radius 2 is 2.12 bits per heavy atom. The van der Waals surface area contributed by atoms with E-state index in [4.69, 9.17) is 0 Å². The second kappa shape index (κ2) is 4.71. The van der Waals surface area contributed by atoms with Crippen LogP contribution in [0.15, 0.2) is 12.2 Å². The van der Waals surface area contributed by atoms with Crippen LogP contribution >= 0.6 is 0 Å². The molecule has 1 radical (unpaired) electrons. The molecule has 47 valence electrons. The lowest BCUT2D eigenvalue weighted by atomic mass is 10.3. The van der Waals surface area contributed by atoms with Crippen molar-refractivity contribution in [2.75, 3.05) is 6.61 Å². The molecule has 0 aliphatic rings. The van der Waals surface area contributed by atoms with Crippen LogP contribution in [0, 0.1) is 0 Å². The van der Waals surface area contributed by atoms with Crippen molar-refractivity contribution in [3.63, 3.8) is 0 Å². The highest BCUT2D eigenvalue weighted by Crippen LogP contribution is 1.99. The highest BCUT2D eigenvalue weighted by molar-refractivity contribution is 4.79. The molecule has 0 atom stereocenters. The molecule has 1 nitrogen and oxygen atoms in total. The van der Waals surface area contributed by atoms with Crippen molar-refractivity contribution >= 4 is 0 Å². The van der Waals surface area contributed by atoms with Gasteiger partial charge in [0.05, 0.1) is 6.61 Å². The first-order chi connectivity index (χ1) is 3.77. The molecule has 0 rings (SSSR count). The van der Waals surface area contributed by atoms with E-state index >= 15 is 0 Å². The Labute approximate surface area is 46.6 Å². The summed E-state index contributed by atoms with van der Waals surface area (Å²) in [4.78, 5) is 0. The van der Waals surface area contributed by atoms with Crippen molar-refractivity contribution in [3.05, 3.63) is 12.2 Å². The molecule has 0 aliphatic carbocycles. The Morgan fingerprint density at radius 1 is 1.50 bits per heavy atom. The van der Waals surface area contributed by atoms with Crippen LogP contribution in [-0.2, 0) is 5.11 Å². The Bertz CT molecular complexity index is 76.5. The van der Waals surface area contributed by atoms with E-state index in [0.717, 1.165) is 6.08 Å². The molecular formula is C5H7F2O. The van der Waals surface area contributed by atoms with E-state index in [2.05, 4.69) is 0 Å². The summed E-state index contributed by atoms with van der Waals surface area (Å²) in [6.45, 7) is -0.274. The van der Waals surface area contributed by atoms with Gasteiger partial charge in [0.2, 0.25) is 0 Å². The van der Waals surface area contributed by atoms with Crippen LogP contribution in [0.5, 0.6) is 0 Å². The molecular weight excluding hydrogens is 114 g/mol. The van der Waals surface area contributed by atoms with Gasteiger partial charge in [0, 0.05) is 0 Å². The summed E-state index contributed by atoms with van der Waals surface area (Å²) in [5, 5.41) is 9.64. The molecule has 0 saturated heterocycles. The third-order valence-corrected chi connectivity index (χ3v) is 0.647. The van der Waals surface area contributed by atoms with Crippen molar-refractivity contribution in [2.45, 2.75) is 12.8 Å². The van der Waals surface area contributed by atoms with Crippen LogP contribution in [0.4, 0.5) is 8.78 Å². The Balaban J connectivity index is 3.03. The van der Waals surface area contributed by atoms with Crippen LogP contribution in [0.2, 0.25) is 0 Å². The first-order valence-electron chi connectivity index (χ1n) is 2.36. The average molecular weight is 121 g/mol. The fourth-order valence-corrected chi connectivity index (χ4v) is 0.295. The van der Waals surface area contributed by atoms with E-state index in [1.54, 1.807) is 0 Å². The highest BCUT2D eigenvalue weighted by atomic mass is 19.3. The average Bonchev–Trinajstić information content (AvgIpc) is 1.66. The zero-order chi connectivity index (χ0) is 6.41. The van der Waals surface area contributed by atoms with E-state index in [1.165, 1.54) is 0 Å². The van der Waals surface area contributed by atoms with Gasteiger partial charge in [0.25, 0.3) is 6.08 Å². The van der Waals surface area contributed by atoms with E-state index in [9.17, 15) is 13.9 Å². The molecule has 0 aliphatic heterocycles. The Morgan fingerprint density at radius 3 is 2.50 bits per heavy atom. The normalized spacial score (nSPS) is 8.88. The van der Waals surface area contributed by atoms with Crippen LogP contribution < -0.4 is 0 Å². The number of halogens is 2. The van der Waals surface area contributed by atoms with Gasteiger partial charge in [-0.15, -0.1) is 0 Å². The van der Waals surface area contributed by atoms with Gasteiger partial charge in [-0.05, 0) is 18.9 Å². The van der Waals surface area contributed by atoms with Gasteiger partial charge in [-0.2, -0.15) is 8.78 Å². The Kier molecular flexibility index (Phi) is 4.45. The van der Waals surface area contributed by atoms with Crippen LogP contribution in [-0.4, -0.2) is 6.61 Å². The SMILES string of the molecule is [O]CCCC=C(F)F. The Hall–Kier alpha value is -0.440. The lowest BCUT2D eigenvalue weighted by Crippen LogP contribution is -1.76. The number of allylic oxidation sites excluding steroid dienone is 1. The number of unbranched alkanes of at least 4 members (excludes halogenated alkanes) is 1. The minimum atomic E-state index is -1.70. The number of hydrogen-bond donors (Lipinski definition) is 0. The lowest BCUT2D eigenvalue weighted by Gasteiger charge is -1.82. The molecule has 0 aromatic carbocycles. The fraction of sp³-hybridized carbons (Fsp3) is 0.600. The first kappa shape index (κ1) is 7.56. The first-order valence-corrected chi connectivity index (χ1v) is 2.36. The van der Waals surface area contributed by atoms with Crippen molar-refractivity contribution in [1.29, 1.82) is 0 Å². The number of hydrogen-bond acceptors (Lipinski definition) is 0. The van der Waals surface area contributed by atoms with Crippen molar-refractivity contribution in [2.24, 2.45) is 0 Å². The fourth-order valence-electron chi connectivity index (χ4n) is 0.295. The summed E-state index contributed by atoms with van der Waals surface area (Å²) in [5.41, 5.74) is 0. The molecule has 0 fully saturated rings.